The Kier molecular flexibility index (Phi) is 3.95. The first kappa shape index (κ1) is 14.0. The third-order valence-electron chi connectivity index (χ3n) is 3.12. The number of nitrogens with one attached hydrogen (secondary N) is 2. The fourth-order valence-electron chi connectivity index (χ4n) is 2.00. The molecule has 1 aliphatic heterocycles. The second-order valence-electron chi connectivity index (χ2n) is 4.66. The summed E-state index contributed by atoms with van der Waals surface area (Å²) in [5.41, 5.74) is 1.43. The molecule has 1 aromatic heterocycles. The molecule has 2 aromatic rings. The van der Waals surface area contributed by atoms with E-state index in [9.17, 15) is 9.59 Å². The molecule has 7 heteroatoms. The van der Waals surface area contributed by atoms with Crippen molar-refractivity contribution in [1.29, 1.82) is 0 Å². The average Bonchev–Trinajstić information content (AvgIpc) is 3.17. The molecule has 1 aromatic carbocycles. The van der Waals surface area contributed by atoms with Gasteiger partial charge in [-0.25, -0.2) is 0 Å². The van der Waals surface area contributed by atoms with Gasteiger partial charge in [-0.15, -0.1) is 0 Å². The number of amides is 2. The molecule has 22 heavy (non-hydrogen) atoms. The normalized spacial score (nSPS) is 12.0. The highest BCUT2D eigenvalue weighted by atomic mass is 16.7. The maximum absolute atomic E-state index is 11.8. The van der Waals surface area contributed by atoms with Gasteiger partial charge in [0.15, 0.2) is 11.5 Å². The van der Waals surface area contributed by atoms with Crippen LogP contribution in [-0.4, -0.2) is 25.2 Å². The molecule has 0 unspecified atom stereocenters. The molecule has 0 spiro atoms. The van der Waals surface area contributed by atoms with Crippen LogP contribution in [0.1, 0.15) is 5.56 Å². The number of rotatable bonds is 4. The van der Waals surface area contributed by atoms with Gasteiger partial charge in [0, 0.05) is 18.3 Å². The Hall–Kier alpha value is -2.96. The van der Waals surface area contributed by atoms with Gasteiger partial charge in [-0.05, 0) is 30.2 Å². The predicted molar refractivity (Wildman–Crippen MR) is 76.6 cm³/mol. The van der Waals surface area contributed by atoms with Crippen LogP contribution >= 0.6 is 0 Å². The lowest BCUT2D eigenvalue weighted by Crippen LogP contribution is -2.36. The lowest BCUT2D eigenvalue weighted by atomic mass is 10.2. The quantitative estimate of drug-likeness (QED) is 0.831. The summed E-state index contributed by atoms with van der Waals surface area (Å²) in [5, 5.41) is 5.05. The van der Waals surface area contributed by atoms with Gasteiger partial charge in [-0.2, -0.15) is 0 Å². The number of furan rings is 1. The minimum absolute atomic E-state index is 0.154. The van der Waals surface area contributed by atoms with Crippen molar-refractivity contribution in [2.75, 3.05) is 18.7 Å². The lowest BCUT2D eigenvalue weighted by molar-refractivity contribution is -0.136. The second kappa shape index (κ2) is 6.21. The van der Waals surface area contributed by atoms with Crippen LogP contribution in [-0.2, 0) is 16.0 Å². The maximum Gasteiger partial charge on any atom is 0.313 e. The zero-order valence-corrected chi connectivity index (χ0v) is 11.6. The molecule has 3 rings (SSSR count). The fourth-order valence-corrected chi connectivity index (χ4v) is 2.00. The van der Waals surface area contributed by atoms with Gasteiger partial charge >= 0.3 is 11.8 Å². The zero-order valence-electron chi connectivity index (χ0n) is 11.6. The molecule has 0 saturated heterocycles. The van der Waals surface area contributed by atoms with E-state index in [1.807, 2.05) is 0 Å². The molecule has 1 aliphatic rings. The summed E-state index contributed by atoms with van der Waals surface area (Å²) in [5.74, 6) is -0.270. The Labute approximate surface area is 126 Å². The number of hydrogen-bond donors (Lipinski definition) is 2. The van der Waals surface area contributed by atoms with Crippen LogP contribution in [0.4, 0.5) is 5.69 Å². The van der Waals surface area contributed by atoms with Gasteiger partial charge < -0.3 is 24.5 Å². The third kappa shape index (κ3) is 3.20. The van der Waals surface area contributed by atoms with Gasteiger partial charge in [0.05, 0.1) is 12.5 Å². The van der Waals surface area contributed by atoms with Crippen LogP contribution < -0.4 is 20.1 Å². The Morgan fingerprint density at radius 3 is 2.77 bits per heavy atom. The highest BCUT2D eigenvalue weighted by Crippen LogP contribution is 2.34. The van der Waals surface area contributed by atoms with E-state index in [1.165, 1.54) is 0 Å². The molecule has 7 nitrogen and oxygen atoms in total. The first-order chi connectivity index (χ1) is 10.7. The molecular weight excluding hydrogens is 288 g/mol. The van der Waals surface area contributed by atoms with E-state index in [0.29, 0.717) is 30.2 Å². The van der Waals surface area contributed by atoms with Crippen LogP contribution in [0.5, 0.6) is 11.5 Å². The number of ether oxygens (including phenoxy) is 2. The lowest BCUT2D eigenvalue weighted by Gasteiger charge is -2.06. The van der Waals surface area contributed by atoms with Crippen LogP contribution in [0.2, 0.25) is 0 Å². The second-order valence-corrected chi connectivity index (χ2v) is 4.66. The monoisotopic (exact) mass is 302 g/mol. The summed E-state index contributed by atoms with van der Waals surface area (Å²) in [6.45, 7) is 0.508. The number of benzene rings is 1. The molecule has 114 valence electrons. The van der Waals surface area contributed by atoms with E-state index in [1.54, 1.807) is 36.8 Å². The Balaban J connectivity index is 1.49. The summed E-state index contributed by atoms with van der Waals surface area (Å²) in [6.07, 6.45) is 3.75. The fraction of sp³-hybridized carbons (Fsp3) is 0.200. The summed E-state index contributed by atoms with van der Waals surface area (Å²) < 4.78 is 15.3. The first-order valence-corrected chi connectivity index (χ1v) is 6.72. The van der Waals surface area contributed by atoms with Crippen molar-refractivity contribution in [1.82, 2.24) is 5.32 Å². The Morgan fingerprint density at radius 1 is 1.09 bits per heavy atom. The van der Waals surface area contributed by atoms with E-state index in [4.69, 9.17) is 13.9 Å². The molecule has 0 fully saturated rings. The van der Waals surface area contributed by atoms with E-state index >= 15 is 0 Å². The summed E-state index contributed by atoms with van der Waals surface area (Å²) in [4.78, 5) is 23.5. The topological polar surface area (TPSA) is 89.8 Å². The zero-order chi connectivity index (χ0) is 15.4. The minimum Gasteiger partial charge on any atom is -0.472 e. The number of carbonyl (C=O) groups excluding carboxylic acids is 2. The minimum atomic E-state index is -0.731. The number of carbonyl (C=O) groups is 2. The van der Waals surface area contributed by atoms with Crippen LogP contribution in [0, 0.1) is 0 Å². The van der Waals surface area contributed by atoms with E-state index in [-0.39, 0.29) is 6.79 Å². The number of hydrogen-bond acceptors (Lipinski definition) is 5. The van der Waals surface area contributed by atoms with E-state index in [0.717, 1.165) is 5.56 Å². The highest BCUT2D eigenvalue weighted by Gasteiger charge is 2.17. The van der Waals surface area contributed by atoms with Gasteiger partial charge in [0.2, 0.25) is 6.79 Å². The summed E-state index contributed by atoms with van der Waals surface area (Å²) >= 11 is 0. The van der Waals surface area contributed by atoms with Crippen molar-refractivity contribution in [2.24, 2.45) is 0 Å². The van der Waals surface area contributed by atoms with Crippen molar-refractivity contribution >= 4 is 17.5 Å². The molecular formula is C15H14N2O5. The van der Waals surface area contributed by atoms with Crippen molar-refractivity contribution in [2.45, 2.75) is 6.42 Å². The molecule has 2 amide bonds. The third-order valence-corrected chi connectivity index (χ3v) is 3.12. The van der Waals surface area contributed by atoms with E-state index < -0.39 is 11.8 Å². The van der Waals surface area contributed by atoms with Crippen molar-refractivity contribution in [3.8, 4) is 11.5 Å². The van der Waals surface area contributed by atoms with Gasteiger partial charge in [0.1, 0.15) is 0 Å². The number of anilines is 1. The standard InChI is InChI=1S/C15H14N2O5/c18-14(16-5-3-10-4-6-20-8-10)15(19)17-11-1-2-12-13(7-11)22-9-21-12/h1-2,4,6-8H,3,5,9H2,(H,16,18)(H,17,19). The summed E-state index contributed by atoms with van der Waals surface area (Å²) in [6, 6.07) is 6.73. The van der Waals surface area contributed by atoms with Crippen molar-refractivity contribution in [3.05, 3.63) is 42.4 Å². The Bertz CT molecular complexity index is 681. The molecule has 0 aliphatic carbocycles. The van der Waals surface area contributed by atoms with Gasteiger partial charge in [-0.1, -0.05) is 0 Å². The molecule has 2 heterocycles. The molecule has 0 atom stereocenters. The molecule has 0 radical (unpaired) electrons. The van der Waals surface area contributed by atoms with Crippen molar-refractivity contribution < 1.29 is 23.5 Å². The van der Waals surface area contributed by atoms with Crippen molar-refractivity contribution in [3.63, 3.8) is 0 Å². The molecule has 2 N–H and O–H groups in total. The predicted octanol–water partition coefficient (Wildman–Crippen LogP) is 1.31. The van der Waals surface area contributed by atoms with Crippen LogP contribution in [0.25, 0.3) is 0 Å². The molecule has 0 saturated carbocycles. The average molecular weight is 302 g/mol. The smallest absolute Gasteiger partial charge is 0.313 e. The summed E-state index contributed by atoms with van der Waals surface area (Å²) in [7, 11) is 0. The maximum atomic E-state index is 11.8. The Morgan fingerprint density at radius 2 is 1.95 bits per heavy atom. The van der Waals surface area contributed by atoms with Crippen LogP contribution in [0.3, 0.4) is 0 Å². The number of fused-ring (bicyclic) bond motifs is 1. The molecule has 0 bridgehead atoms. The highest BCUT2D eigenvalue weighted by molar-refractivity contribution is 6.39. The largest absolute Gasteiger partial charge is 0.472 e. The van der Waals surface area contributed by atoms with Crippen LogP contribution in [0.15, 0.2) is 41.2 Å². The van der Waals surface area contributed by atoms with Gasteiger partial charge in [-0.3, -0.25) is 9.59 Å². The van der Waals surface area contributed by atoms with Gasteiger partial charge in [0.25, 0.3) is 0 Å². The van der Waals surface area contributed by atoms with E-state index in [2.05, 4.69) is 10.6 Å². The SMILES string of the molecule is O=C(NCCc1ccoc1)C(=O)Nc1ccc2c(c1)OCO2. The first-order valence-electron chi connectivity index (χ1n) is 6.72.